The van der Waals surface area contributed by atoms with Crippen molar-refractivity contribution in [3.8, 4) is 5.75 Å². The summed E-state index contributed by atoms with van der Waals surface area (Å²) < 4.78 is 9.04. The lowest BCUT2D eigenvalue weighted by Gasteiger charge is -2.13. The number of alkyl halides is 1. The lowest BCUT2D eigenvalue weighted by atomic mass is 10.1. The van der Waals surface area contributed by atoms with E-state index < -0.39 is 5.97 Å². The number of rotatable bonds is 3. The summed E-state index contributed by atoms with van der Waals surface area (Å²) in [5, 5.41) is 0. The topological polar surface area (TPSA) is 26.3 Å². The fraction of sp³-hybridized carbons (Fsp3) is 0.0714. The van der Waals surface area contributed by atoms with Crippen molar-refractivity contribution >= 4 is 97.2 Å². The highest BCUT2D eigenvalue weighted by Gasteiger charge is 2.21. The lowest BCUT2D eigenvalue weighted by molar-refractivity contribution is 0.0732. The van der Waals surface area contributed by atoms with Gasteiger partial charge in [0.15, 0.2) is 5.75 Å². The van der Waals surface area contributed by atoms with Gasteiger partial charge in [0.25, 0.3) is 0 Å². The van der Waals surface area contributed by atoms with Gasteiger partial charge in [-0.2, -0.15) is 0 Å². The SMILES string of the molecule is O=C(Oc1c(Br)c(Br)c(Br)c(Br)c1Br)c1ccc(CCl)cc1. The molecule has 8 heteroatoms. The Morgan fingerprint density at radius 1 is 0.864 bits per heavy atom. The molecule has 2 nitrogen and oxygen atoms in total. The van der Waals surface area contributed by atoms with Crippen molar-refractivity contribution in [2.75, 3.05) is 0 Å². The van der Waals surface area contributed by atoms with Gasteiger partial charge >= 0.3 is 5.97 Å². The number of halogens is 6. The molecule has 0 saturated carbocycles. The Morgan fingerprint density at radius 2 is 1.32 bits per heavy atom. The molecule has 0 amide bonds. The van der Waals surface area contributed by atoms with Gasteiger partial charge < -0.3 is 4.74 Å². The first kappa shape index (κ1) is 18.9. The van der Waals surface area contributed by atoms with Crippen LogP contribution in [0.3, 0.4) is 0 Å². The zero-order valence-corrected chi connectivity index (χ0v) is 19.3. The zero-order chi connectivity index (χ0) is 16.4. The minimum absolute atomic E-state index is 0.383. The second-order valence-corrected chi connectivity index (χ2v) is 8.35. The Kier molecular flexibility index (Phi) is 6.99. The molecule has 0 aliphatic carbocycles. The van der Waals surface area contributed by atoms with Gasteiger partial charge in [-0.25, -0.2) is 4.79 Å². The number of esters is 1. The third-order valence-corrected chi connectivity index (χ3v) is 9.04. The van der Waals surface area contributed by atoms with E-state index in [1.807, 2.05) is 0 Å². The van der Waals surface area contributed by atoms with Crippen LogP contribution in [0.5, 0.6) is 5.75 Å². The molecular formula is C14H6Br5ClO2. The van der Waals surface area contributed by atoms with E-state index >= 15 is 0 Å². The standard InChI is InChI=1S/C14H6Br5ClO2/c15-8-9(16)11(18)13(12(19)10(8)17)22-14(21)7-3-1-6(5-20)2-4-7/h1-4H,5H2. The van der Waals surface area contributed by atoms with Gasteiger partial charge in [0, 0.05) is 10.4 Å². The van der Waals surface area contributed by atoms with Gasteiger partial charge in [-0.3, -0.25) is 0 Å². The molecule has 2 rings (SSSR count). The van der Waals surface area contributed by atoms with Crippen LogP contribution >= 0.6 is 91.3 Å². The van der Waals surface area contributed by atoms with Crippen LogP contribution in [0.25, 0.3) is 0 Å². The van der Waals surface area contributed by atoms with Crippen LogP contribution in [-0.2, 0) is 5.88 Å². The smallest absolute Gasteiger partial charge is 0.343 e. The van der Waals surface area contributed by atoms with E-state index in [9.17, 15) is 4.79 Å². The molecule has 0 bridgehead atoms. The summed E-state index contributed by atoms with van der Waals surface area (Å²) in [4.78, 5) is 12.3. The number of carbonyl (C=O) groups is 1. The summed E-state index contributed by atoms with van der Waals surface area (Å²) in [5.74, 6) is 0.330. The number of carbonyl (C=O) groups excluding carboxylic acids is 1. The summed E-state index contributed by atoms with van der Waals surface area (Å²) >= 11 is 22.9. The molecule has 0 unspecified atom stereocenters. The van der Waals surface area contributed by atoms with Crippen molar-refractivity contribution in [1.82, 2.24) is 0 Å². The summed E-state index contributed by atoms with van der Waals surface area (Å²) in [6.45, 7) is 0. The van der Waals surface area contributed by atoms with Gasteiger partial charge in [0.05, 0.1) is 23.5 Å². The molecule has 2 aromatic carbocycles. The molecule has 0 saturated heterocycles. The van der Waals surface area contributed by atoms with Gasteiger partial charge in [0.1, 0.15) is 0 Å². The number of benzene rings is 2. The van der Waals surface area contributed by atoms with Crippen molar-refractivity contribution in [3.63, 3.8) is 0 Å². The van der Waals surface area contributed by atoms with Crippen LogP contribution in [0.4, 0.5) is 0 Å². The first-order valence-corrected chi connectivity index (χ1v) is 10.2. The zero-order valence-electron chi connectivity index (χ0n) is 10.6. The number of hydrogen-bond acceptors (Lipinski definition) is 2. The molecule has 0 aromatic heterocycles. The molecule has 0 spiro atoms. The van der Waals surface area contributed by atoms with E-state index in [0.29, 0.717) is 26.1 Å². The van der Waals surface area contributed by atoms with Crippen molar-refractivity contribution in [2.24, 2.45) is 0 Å². The molecule has 0 radical (unpaired) electrons. The third kappa shape index (κ3) is 3.98. The molecule has 0 aliphatic rings. The number of ether oxygens (including phenoxy) is 1. The fourth-order valence-corrected chi connectivity index (χ4v) is 4.91. The largest absolute Gasteiger partial charge is 0.420 e. The van der Waals surface area contributed by atoms with Crippen LogP contribution in [0.15, 0.2) is 46.6 Å². The highest BCUT2D eigenvalue weighted by molar-refractivity contribution is 9.15. The second kappa shape index (κ2) is 8.12. The van der Waals surface area contributed by atoms with Gasteiger partial charge in [-0.15, -0.1) is 11.6 Å². The molecule has 2 aromatic rings. The lowest BCUT2D eigenvalue weighted by Crippen LogP contribution is -2.09. The maximum Gasteiger partial charge on any atom is 0.343 e. The maximum absolute atomic E-state index is 12.3. The predicted octanol–water partition coefficient (Wildman–Crippen LogP) is 7.46. The summed E-state index contributed by atoms with van der Waals surface area (Å²) in [7, 11) is 0. The maximum atomic E-state index is 12.3. The Bertz CT molecular complexity index is 702. The molecule has 0 fully saturated rings. The first-order valence-electron chi connectivity index (χ1n) is 5.75. The normalized spacial score (nSPS) is 10.6. The molecular weight excluding hydrogens is 635 g/mol. The monoisotopic (exact) mass is 636 g/mol. The number of hydrogen-bond donors (Lipinski definition) is 0. The Morgan fingerprint density at radius 3 is 1.77 bits per heavy atom. The van der Waals surface area contributed by atoms with Crippen molar-refractivity contribution in [2.45, 2.75) is 5.88 Å². The third-order valence-electron chi connectivity index (χ3n) is 2.71. The van der Waals surface area contributed by atoms with E-state index in [1.54, 1.807) is 24.3 Å². The van der Waals surface area contributed by atoms with Crippen LogP contribution in [0, 0.1) is 0 Å². The average molecular weight is 641 g/mol. The second-order valence-electron chi connectivity index (χ2n) is 4.12. The minimum Gasteiger partial charge on any atom is -0.420 e. The van der Waals surface area contributed by atoms with E-state index in [-0.39, 0.29) is 0 Å². The molecule has 0 aliphatic heterocycles. The van der Waals surface area contributed by atoms with E-state index in [4.69, 9.17) is 16.3 Å². The van der Waals surface area contributed by atoms with E-state index in [2.05, 4.69) is 79.6 Å². The van der Waals surface area contributed by atoms with Gasteiger partial charge in [-0.1, -0.05) is 12.1 Å². The van der Waals surface area contributed by atoms with Crippen LogP contribution < -0.4 is 4.74 Å². The Balaban J connectivity index is 2.36. The highest BCUT2D eigenvalue weighted by Crippen LogP contribution is 2.48. The fourth-order valence-electron chi connectivity index (χ4n) is 1.56. The first-order chi connectivity index (χ1) is 10.4. The van der Waals surface area contributed by atoms with Gasteiger partial charge in [0.2, 0.25) is 0 Å². The molecule has 0 heterocycles. The highest BCUT2D eigenvalue weighted by atomic mass is 79.9. The van der Waals surface area contributed by atoms with E-state index in [0.717, 1.165) is 19.0 Å². The van der Waals surface area contributed by atoms with Crippen LogP contribution in [0.1, 0.15) is 15.9 Å². The van der Waals surface area contributed by atoms with Crippen LogP contribution in [0.2, 0.25) is 0 Å². The van der Waals surface area contributed by atoms with Crippen molar-refractivity contribution < 1.29 is 9.53 Å². The quantitative estimate of drug-likeness (QED) is 0.115. The molecule has 0 atom stereocenters. The van der Waals surface area contributed by atoms with Crippen molar-refractivity contribution in [3.05, 3.63) is 57.8 Å². The minimum atomic E-state index is -0.455. The summed E-state index contributed by atoms with van der Waals surface area (Å²) in [6.07, 6.45) is 0. The summed E-state index contributed by atoms with van der Waals surface area (Å²) in [6, 6.07) is 6.96. The van der Waals surface area contributed by atoms with E-state index in [1.165, 1.54) is 0 Å². The van der Waals surface area contributed by atoms with Gasteiger partial charge in [-0.05, 0) is 97.3 Å². The predicted molar refractivity (Wildman–Crippen MR) is 106 cm³/mol. The molecule has 0 N–H and O–H groups in total. The van der Waals surface area contributed by atoms with Crippen LogP contribution in [-0.4, -0.2) is 5.97 Å². The Labute approximate surface area is 174 Å². The summed E-state index contributed by atoms with van der Waals surface area (Å²) in [5.41, 5.74) is 1.39. The average Bonchev–Trinajstić information content (AvgIpc) is 2.55. The van der Waals surface area contributed by atoms with Crippen molar-refractivity contribution in [1.29, 1.82) is 0 Å². The molecule has 22 heavy (non-hydrogen) atoms. The Hall–Kier alpha value is 0.600. The molecule has 116 valence electrons.